The van der Waals surface area contributed by atoms with E-state index in [1.54, 1.807) is 36.0 Å². The number of carbonyl (C=O) groups excluding carboxylic acids is 2. The molecule has 1 N–H and O–H groups in total. The van der Waals surface area contributed by atoms with Gasteiger partial charge in [0, 0.05) is 5.75 Å². The van der Waals surface area contributed by atoms with Gasteiger partial charge in [0.25, 0.3) is 11.8 Å². The van der Waals surface area contributed by atoms with E-state index in [-0.39, 0.29) is 17.9 Å². The third kappa shape index (κ3) is 3.16. The molecule has 1 saturated carbocycles. The lowest BCUT2D eigenvalue weighted by molar-refractivity contribution is 0.0634. The van der Waals surface area contributed by atoms with Crippen LogP contribution in [0, 0.1) is 0 Å². The van der Waals surface area contributed by atoms with Gasteiger partial charge >= 0.3 is 0 Å². The summed E-state index contributed by atoms with van der Waals surface area (Å²) in [5, 5.41) is 5.26. The number of nitrogens with zero attached hydrogens (tertiary/aromatic N) is 3. The van der Waals surface area contributed by atoms with Crippen molar-refractivity contribution in [1.29, 1.82) is 0 Å². The quantitative estimate of drug-likeness (QED) is 0.830. The van der Waals surface area contributed by atoms with Crippen LogP contribution >= 0.6 is 11.8 Å². The van der Waals surface area contributed by atoms with Crippen LogP contribution in [0.3, 0.4) is 0 Å². The first-order valence-electron chi connectivity index (χ1n) is 9.15. The molecule has 0 radical (unpaired) electrons. The first kappa shape index (κ1) is 17.3. The Balaban J connectivity index is 1.46. The molecule has 1 aromatic carbocycles. The number of hydrogen-bond acceptors (Lipinski definition) is 5. The van der Waals surface area contributed by atoms with Gasteiger partial charge in [-0.3, -0.25) is 24.9 Å². The van der Waals surface area contributed by atoms with Crippen molar-refractivity contribution in [2.24, 2.45) is 10.1 Å². The van der Waals surface area contributed by atoms with Crippen LogP contribution in [0.15, 0.2) is 34.4 Å². The molecule has 26 heavy (non-hydrogen) atoms. The molecule has 6 nitrogen and oxygen atoms in total. The minimum Gasteiger partial charge on any atom is -0.269 e. The van der Waals surface area contributed by atoms with Crippen molar-refractivity contribution in [3.05, 3.63) is 35.4 Å². The third-order valence-corrected chi connectivity index (χ3v) is 6.13. The minimum absolute atomic E-state index is 0.243. The monoisotopic (exact) mass is 370 g/mol. The van der Waals surface area contributed by atoms with Crippen LogP contribution in [-0.2, 0) is 0 Å². The van der Waals surface area contributed by atoms with Gasteiger partial charge in [-0.1, -0.05) is 43.2 Å². The zero-order valence-corrected chi connectivity index (χ0v) is 15.6. The highest BCUT2D eigenvalue weighted by atomic mass is 32.2. The molecule has 1 fully saturated rings. The van der Waals surface area contributed by atoms with E-state index < -0.39 is 0 Å². The Morgan fingerprint density at radius 1 is 1.15 bits per heavy atom. The number of aliphatic imine (C=N–C) groups is 1. The largest absolute Gasteiger partial charge is 0.269 e. The number of rotatable bonds is 3. The van der Waals surface area contributed by atoms with Crippen molar-refractivity contribution in [2.45, 2.75) is 51.1 Å². The predicted molar refractivity (Wildman–Crippen MR) is 104 cm³/mol. The van der Waals surface area contributed by atoms with Crippen molar-refractivity contribution in [2.75, 3.05) is 5.75 Å². The third-order valence-electron chi connectivity index (χ3n) is 5.22. The summed E-state index contributed by atoms with van der Waals surface area (Å²) >= 11 is 1.60. The van der Waals surface area contributed by atoms with Crippen LogP contribution in [0.1, 0.15) is 59.7 Å². The van der Waals surface area contributed by atoms with Crippen molar-refractivity contribution in [3.8, 4) is 0 Å². The van der Waals surface area contributed by atoms with Gasteiger partial charge in [-0.15, -0.1) is 0 Å². The minimum atomic E-state index is -0.376. The molecule has 2 heterocycles. The van der Waals surface area contributed by atoms with E-state index in [0.29, 0.717) is 22.9 Å². The average Bonchev–Trinajstić information content (AvgIpc) is 2.94. The molecular formula is C19H22N4O2S. The van der Waals surface area contributed by atoms with Gasteiger partial charge in [0.1, 0.15) is 0 Å². The number of fused-ring (bicyclic) bond motifs is 1. The van der Waals surface area contributed by atoms with Crippen LogP contribution in [0.5, 0.6) is 0 Å². The summed E-state index contributed by atoms with van der Waals surface area (Å²) in [6.45, 7) is 1.85. The van der Waals surface area contributed by atoms with Gasteiger partial charge in [-0.25, -0.2) is 0 Å². The smallest absolute Gasteiger partial charge is 0.262 e. The highest BCUT2D eigenvalue weighted by Gasteiger charge is 2.40. The van der Waals surface area contributed by atoms with E-state index in [4.69, 9.17) is 4.99 Å². The number of amides is 2. The van der Waals surface area contributed by atoms with E-state index in [1.807, 2.05) is 6.92 Å². The zero-order valence-electron chi connectivity index (χ0n) is 14.8. The van der Waals surface area contributed by atoms with Gasteiger partial charge in [-0.2, -0.15) is 5.10 Å². The first-order valence-corrected chi connectivity index (χ1v) is 10.1. The molecule has 136 valence electrons. The van der Waals surface area contributed by atoms with Crippen molar-refractivity contribution in [3.63, 3.8) is 0 Å². The van der Waals surface area contributed by atoms with E-state index in [0.717, 1.165) is 23.7 Å². The number of hydrazone groups is 1. The summed E-state index contributed by atoms with van der Waals surface area (Å²) in [6.07, 6.45) is 6.10. The number of carbonyl (C=O) groups is 2. The molecule has 1 unspecified atom stereocenters. The standard InChI is InChI=1S/C19H22N4O2S/c1-12(23-17(24)14-9-5-6-10-15(14)18(23)25)16-11-26-19(22-21-16)20-13-7-3-2-4-8-13/h5-6,9-10,12-13H,2-4,7-8,11H2,1H3,(H,20,22). The molecule has 2 amide bonds. The molecule has 1 aliphatic carbocycles. The molecule has 2 aliphatic heterocycles. The number of hydrogen-bond donors (Lipinski definition) is 1. The van der Waals surface area contributed by atoms with Crippen LogP contribution in [0.4, 0.5) is 0 Å². The molecule has 3 aliphatic rings. The van der Waals surface area contributed by atoms with Gasteiger partial charge in [0.2, 0.25) is 0 Å². The number of imide groups is 1. The predicted octanol–water partition coefficient (Wildman–Crippen LogP) is 3.05. The fourth-order valence-corrected chi connectivity index (χ4v) is 4.62. The second-order valence-corrected chi connectivity index (χ2v) is 7.90. The second kappa shape index (κ2) is 7.23. The Labute approximate surface area is 157 Å². The van der Waals surface area contributed by atoms with Crippen LogP contribution in [-0.4, -0.2) is 45.4 Å². The molecule has 1 aromatic rings. The normalized spacial score (nSPS) is 23.7. The number of nitrogens with one attached hydrogen (secondary N) is 1. The van der Waals surface area contributed by atoms with Gasteiger partial charge < -0.3 is 0 Å². The lowest BCUT2D eigenvalue weighted by Crippen LogP contribution is -2.45. The summed E-state index contributed by atoms with van der Waals surface area (Å²) in [5.74, 6) is 0.146. The van der Waals surface area contributed by atoms with Crippen molar-refractivity contribution >= 4 is 34.5 Å². The Morgan fingerprint density at radius 3 is 2.38 bits per heavy atom. The highest BCUT2D eigenvalue weighted by molar-refractivity contribution is 8.14. The highest BCUT2D eigenvalue weighted by Crippen LogP contribution is 2.26. The van der Waals surface area contributed by atoms with Gasteiger partial charge in [-0.05, 0) is 31.9 Å². The fraction of sp³-hybridized carbons (Fsp3) is 0.474. The molecule has 4 rings (SSSR count). The Morgan fingerprint density at radius 2 is 1.81 bits per heavy atom. The average molecular weight is 370 g/mol. The Bertz CT molecular complexity index is 763. The van der Waals surface area contributed by atoms with Gasteiger partial charge in [0.15, 0.2) is 5.17 Å². The SMILES string of the molecule is CC(C1=NNC(=NC2CCCCC2)SC1)N1C(=O)c2ccccc2C1=O. The zero-order chi connectivity index (χ0) is 18.1. The molecule has 7 heteroatoms. The van der Waals surface area contributed by atoms with E-state index in [9.17, 15) is 9.59 Å². The van der Waals surface area contributed by atoms with E-state index >= 15 is 0 Å². The Kier molecular flexibility index (Phi) is 4.80. The molecule has 0 saturated heterocycles. The fourth-order valence-electron chi connectivity index (χ4n) is 3.69. The topological polar surface area (TPSA) is 74.1 Å². The van der Waals surface area contributed by atoms with Crippen LogP contribution < -0.4 is 5.43 Å². The lowest BCUT2D eigenvalue weighted by atomic mass is 9.96. The lowest BCUT2D eigenvalue weighted by Gasteiger charge is -2.26. The Hall–Kier alpha value is -2.15. The molecule has 0 bridgehead atoms. The number of benzene rings is 1. The molecule has 0 spiro atoms. The van der Waals surface area contributed by atoms with E-state index in [1.165, 1.54) is 24.2 Å². The summed E-state index contributed by atoms with van der Waals surface area (Å²) in [5.41, 5.74) is 4.75. The maximum absolute atomic E-state index is 12.6. The van der Waals surface area contributed by atoms with Crippen molar-refractivity contribution < 1.29 is 9.59 Å². The summed E-state index contributed by atoms with van der Waals surface area (Å²) < 4.78 is 0. The summed E-state index contributed by atoms with van der Waals surface area (Å²) in [4.78, 5) is 31.3. The maximum atomic E-state index is 12.6. The van der Waals surface area contributed by atoms with Crippen molar-refractivity contribution in [1.82, 2.24) is 10.3 Å². The number of amidine groups is 1. The molecular weight excluding hydrogens is 348 g/mol. The molecule has 1 atom stereocenters. The van der Waals surface area contributed by atoms with Crippen LogP contribution in [0.2, 0.25) is 0 Å². The number of thioether (sulfide) groups is 1. The maximum Gasteiger partial charge on any atom is 0.262 e. The summed E-state index contributed by atoms with van der Waals surface area (Å²) in [7, 11) is 0. The second-order valence-electron chi connectivity index (χ2n) is 6.93. The van der Waals surface area contributed by atoms with E-state index in [2.05, 4.69) is 10.5 Å². The molecule has 0 aromatic heterocycles. The van der Waals surface area contributed by atoms with Crippen LogP contribution in [0.25, 0.3) is 0 Å². The first-order chi connectivity index (χ1) is 12.6. The summed E-state index contributed by atoms with van der Waals surface area (Å²) in [6, 6.07) is 6.98. The van der Waals surface area contributed by atoms with Gasteiger partial charge in [0.05, 0.1) is 28.9 Å².